The minimum atomic E-state index is -4.57. The molecule has 9 heteroatoms. The van der Waals surface area contributed by atoms with Crippen LogP contribution in [0.5, 0.6) is 0 Å². The Morgan fingerprint density at radius 1 is 1.06 bits per heavy atom. The third kappa shape index (κ3) is 4.27. The van der Waals surface area contributed by atoms with Crippen molar-refractivity contribution >= 4 is 11.6 Å². The topological polar surface area (TPSA) is 64.7 Å². The van der Waals surface area contributed by atoms with Gasteiger partial charge in [0.25, 0.3) is 5.91 Å². The molecule has 0 radical (unpaired) electrons. The third-order valence-electron chi connectivity index (χ3n) is 5.11. The molecule has 0 fully saturated rings. The minimum absolute atomic E-state index is 0.0360. The number of aryl methyl sites for hydroxylation is 3. The lowest BCUT2D eigenvalue weighted by atomic mass is 10.0. The van der Waals surface area contributed by atoms with E-state index in [0.29, 0.717) is 11.3 Å². The molecule has 2 aromatic carbocycles. The predicted molar refractivity (Wildman–Crippen MR) is 115 cm³/mol. The van der Waals surface area contributed by atoms with Gasteiger partial charge in [-0.25, -0.2) is 9.97 Å². The molecular weight excluding hydrogens is 419 g/mol. The van der Waals surface area contributed by atoms with Gasteiger partial charge in [-0.05, 0) is 49.7 Å². The highest BCUT2D eigenvalue weighted by molar-refractivity contribution is 6.05. The highest BCUT2D eigenvalue weighted by atomic mass is 19.4. The van der Waals surface area contributed by atoms with Gasteiger partial charge in [0.2, 0.25) is 0 Å². The first-order chi connectivity index (χ1) is 15.1. The maximum Gasteiger partial charge on any atom is 0.416 e. The molecule has 32 heavy (non-hydrogen) atoms. The average Bonchev–Trinajstić information content (AvgIpc) is 3.35. The summed E-state index contributed by atoms with van der Waals surface area (Å²) in [6.07, 6.45) is 1.82. The van der Waals surface area contributed by atoms with Crippen molar-refractivity contribution in [2.75, 3.05) is 5.32 Å². The zero-order valence-electron chi connectivity index (χ0n) is 17.6. The van der Waals surface area contributed by atoms with Crippen molar-refractivity contribution in [2.24, 2.45) is 7.05 Å². The average molecular weight is 439 g/mol. The van der Waals surface area contributed by atoms with Gasteiger partial charge < -0.3 is 14.5 Å². The zero-order chi connectivity index (χ0) is 23.0. The third-order valence-corrected chi connectivity index (χ3v) is 5.11. The Bertz CT molecular complexity index is 1300. The predicted octanol–water partition coefficient (Wildman–Crippen LogP) is 5.16. The van der Waals surface area contributed by atoms with Crippen LogP contribution in [0.3, 0.4) is 0 Å². The SMILES string of the molecule is Cc1cn(-c2cc(NC(=O)c3ccc(C)c(-c4cncn4C)c3)cc(C(F)(F)F)c2)cn1. The number of nitrogens with zero attached hydrogens (tertiary/aromatic N) is 4. The smallest absolute Gasteiger partial charge is 0.334 e. The summed E-state index contributed by atoms with van der Waals surface area (Å²) in [4.78, 5) is 21.1. The monoisotopic (exact) mass is 439 g/mol. The van der Waals surface area contributed by atoms with E-state index in [2.05, 4.69) is 15.3 Å². The number of hydrogen-bond acceptors (Lipinski definition) is 3. The van der Waals surface area contributed by atoms with Crippen molar-refractivity contribution in [2.45, 2.75) is 20.0 Å². The van der Waals surface area contributed by atoms with E-state index in [4.69, 9.17) is 0 Å². The molecule has 0 bridgehead atoms. The van der Waals surface area contributed by atoms with Crippen LogP contribution in [-0.4, -0.2) is 25.0 Å². The van der Waals surface area contributed by atoms with Crippen molar-refractivity contribution in [3.63, 3.8) is 0 Å². The molecule has 4 aromatic rings. The van der Waals surface area contributed by atoms with E-state index in [1.807, 2.05) is 18.5 Å². The van der Waals surface area contributed by atoms with Gasteiger partial charge in [0.15, 0.2) is 0 Å². The van der Waals surface area contributed by atoms with E-state index >= 15 is 0 Å². The number of halogens is 3. The summed E-state index contributed by atoms with van der Waals surface area (Å²) in [5.41, 5.74) is 2.99. The van der Waals surface area contributed by atoms with Gasteiger partial charge in [0.1, 0.15) is 0 Å². The lowest BCUT2D eigenvalue weighted by molar-refractivity contribution is -0.137. The quantitative estimate of drug-likeness (QED) is 0.478. The van der Waals surface area contributed by atoms with E-state index < -0.39 is 17.6 Å². The van der Waals surface area contributed by atoms with E-state index in [1.54, 1.807) is 43.8 Å². The van der Waals surface area contributed by atoms with Gasteiger partial charge in [0.05, 0.1) is 35.8 Å². The van der Waals surface area contributed by atoms with E-state index in [0.717, 1.165) is 29.0 Å². The van der Waals surface area contributed by atoms with Crippen molar-refractivity contribution in [3.05, 3.63) is 83.8 Å². The van der Waals surface area contributed by atoms with Crippen LogP contribution in [0.1, 0.15) is 27.2 Å². The number of imidazole rings is 2. The van der Waals surface area contributed by atoms with Crippen molar-refractivity contribution in [1.82, 2.24) is 19.1 Å². The Morgan fingerprint density at radius 2 is 1.84 bits per heavy atom. The molecular formula is C23H20F3N5O. The molecule has 0 saturated carbocycles. The van der Waals surface area contributed by atoms with Crippen molar-refractivity contribution < 1.29 is 18.0 Å². The standard InChI is InChI=1S/C23H20F3N5O/c1-14-4-5-16(6-20(14)21-10-27-12-30(21)3)22(32)29-18-7-17(23(24,25)26)8-19(9-18)31-11-15(2)28-13-31/h4-13H,1-3H3,(H,29,32). The molecule has 1 N–H and O–H groups in total. The fourth-order valence-electron chi connectivity index (χ4n) is 3.42. The molecule has 0 aliphatic rings. The number of anilines is 1. The molecule has 0 aliphatic heterocycles. The number of carbonyl (C=O) groups is 1. The first-order valence-electron chi connectivity index (χ1n) is 9.74. The molecule has 164 valence electrons. The summed E-state index contributed by atoms with van der Waals surface area (Å²) in [7, 11) is 1.84. The number of benzene rings is 2. The van der Waals surface area contributed by atoms with Crippen LogP contribution in [0, 0.1) is 13.8 Å². The second-order valence-corrected chi connectivity index (χ2v) is 7.56. The van der Waals surface area contributed by atoms with Crippen LogP contribution in [-0.2, 0) is 13.2 Å². The number of hydrogen-bond donors (Lipinski definition) is 1. The highest BCUT2D eigenvalue weighted by Crippen LogP contribution is 2.33. The minimum Gasteiger partial charge on any atom is -0.334 e. The number of nitrogens with one attached hydrogen (secondary N) is 1. The van der Waals surface area contributed by atoms with Crippen LogP contribution in [0.25, 0.3) is 16.9 Å². The molecule has 4 rings (SSSR count). The van der Waals surface area contributed by atoms with Crippen LogP contribution in [0.15, 0.2) is 61.4 Å². The summed E-state index contributed by atoms with van der Waals surface area (Å²) in [6, 6.07) is 8.55. The van der Waals surface area contributed by atoms with Crippen molar-refractivity contribution in [1.29, 1.82) is 0 Å². The Labute approximate surface area is 182 Å². The van der Waals surface area contributed by atoms with Gasteiger partial charge in [-0.15, -0.1) is 0 Å². The van der Waals surface area contributed by atoms with Crippen LogP contribution < -0.4 is 5.32 Å². The number of carbonyl (C=O) groups excluding carboxylic acids is 1. The fourth-order valence-corrected chi connectivity index (χ4v) is 3.42. The molecule has 0 aliphatic carbocycles. The van der Waals surface area contributed by atoms with E-state index in [-0.39, 0.29) is 11.4 Å². The summed E-state index contributed by atoms with van der Waals surface area (Å²) < 4.78 is 43.7. The van der Waals surface area contributed by atoms with E-state index in [9.17, 15) is 18.0 Å². The molecule has 6 nitrogen and oxygen atoms in total. The zero-order valence-corrected chi connectivity index (χ0v) is 17.6. The first-order valence-corrected chi connectivity index (χ1v) is 9.74. The highest BCUT2D eigenvalue weighted by Gasteiger charge is 2.31. The molecule has 2 heterocycles. The molecule has 0 atom stereocenters. The van der Waals surface area contributed by atoms with Crippen LogP contribution in [0.2, 0.25) is 0 Å². The Hall–Kier alpha value is -3.88. The number of alkyl halides is 3. The number of aromatic nitrogens is 4. The first kappa shape index (κ1) is 21.4. The van der Waals surface area contributed by atoms with Gasteiger partial charge in [-0.2, -0.15) is 13.2 Å². The van der Waals surface area contributed by atoms with Crippen LogP contribution in [0.4, 0.5) is 18.9 Å². The molecule has 1 amide bonds. The lowest BCUT2D eigenvalue weighted by Crippen LogP contribution is -2.14. The second kappa shape index (κ2) is 7.99. The molecule has 0 saturated heterocycles. The fraction of sp³-hybridized carbons (Fsp3) is 0.174. The van der Waals surface area contributed by atoms with Gasteiger partial charge >= 0.3 is 6.18 Å². The van der Waals surface area contributed by atoms with Crippen molar-refractivity contribution in [3.8, 4) is 16.9 Å². The molecule has 0 unspecified atom stereocenters. The lowest BCUT2D eigenvalue weighted by Gasteiger charge is -2.14. The summed E-state index contributed by atoms with van der Waals surface area (Å²) in [6.45, 7) is 3.65. The summed E-state index contributed by atoms with van der Waals surface area (Å²) in [5, 5.41) is 2.60. The number of amides is 1. The van der Waals surface area contributed by atoms with E-state index in [1.165, 1.54) is 17.0 Å². The molecule has 2 aromatic heterocycles. The van der Waals surface area contributed by atoms with Gasteiger partial charge in [-0.1, -0.05) is 6.07 Å². The normalized spacial score (nSPS) is 11.6. The second-order valence-electron chi connectivity index (χ2n) is 7.56. The van der Waals surface area contributed by atoms with Gasteiger partial charge in [0, 0.05) is 35.7 Å². The summed E-state index contributed by atoms with van der Waals surface area (Å²) >= 11 is 0. The maximum atomic E-state index is 13.5. The Morgan fingerprint density at radius 3 is 2.47 bits per heavy atom. The Balaban J connectivity index is 1.70. The Kier molecular flexibility index (Phi) is 5.33. The van der Waals surface area contributed by atoms with Gasteiger partial charge in [-0.3, -0.25) is 4.79 Å². The number of rotatable bonds is 4. The largest absolute Gasteiger partial charge is 0.416 e. The molecule has 0 spiro atoms. The van der Waals surface area contributed by atoms with Crippen LogP contribution >= 0.6 is 0 Å². The summed E-state index contributed by atoms with van der Waals surface area (Å²) in [5.74, 6) is -0.513. The maximum absolute atomic E-state index is 13.5.